The van der Waals surface area contributed by atoms with E-state index in [1.807, 2.05) is 0 Å². The third-order valence-electron chi connectivity index (χ3n) is 1.77. The van der Waals surface area contributed by atoms with E-state index >= 15 is 0 Å². The molecule has 1 rings (SSSR count). The zero-order valence-corrected chi connectivity index (χ0v) is 8.16. The Bertz CT molecular complexity index is 391. The Morgan fingerprint density at radius 3 is 2.31 bits per heavy atom. The number of allylic oxidation sites excluding steroid dienone is 2. The topological polar surface area (TPSA) is 37.3 Å². The van der Waals surface area contributed by atoms with Crippen LogP contribution in [0.2, 0.25) is 0 Å². The first-order valence-electron chi connectivity index (χ1n) is 4.45. The summed E-state index contributed by atoms with van der Waals surface area (Å²) in [7, 11) is 0. The highest BCUT2D eigenvalue weighted by atomic mass is 19.4. The molecule has 1 aromatic carbocycles. The Morgan fingerprint density at radius 2 is 1.81 bits per heavy atom. The van der Waals surface area contributed by atoms with Crippen molar-refractivity contribution in [2.24, 2.45) is 0 Å². The summed E-state index contributed by atoms with van der Waals surface area (Å²) in [4.78, 5) is 11.3. The molecule has 0 saturated heterocycles. The van der Waals surface area contributed by atoms with E-state index in [4.69, 9.17) is 5.11 Å². The van der Waals surface area contributed by atoms with Crippen molar-refractivity contribution in [3.05, 3.63) is 42.0 Å². The molecule has 0 aromatic heterocycles. The standard InChI is InChI=1S/C11H9F3O2/c12-11(13,14)7-1-2-10(16)8-3-5-9(15)6-4-8/h1-6,15H,7H2/b2-1+. The summed E-state index contributed by atoms with van der Waals surface area (Å²) in [5.41, 5.74) is 0.233. The molecular formula is C11H9F3O2. The number of carbonyl (C=O) groups is 1. The summed E-state index contributed by atoms with van der Waals surface area (Å²) >= 11 is 0. The molecule has 1 N–H and O–H groups in total. The quantitative estimate of drug-likeness (QED) is 0.640. The minimum absolute atomic E-state index is 0.00387. The number of phenolic OH excluding ortho intramolecular Hbond substituents is 1. The second kappa shape index (κ2) is 4.83. The van der Waals surface area contributed by atoms with Gasteiger partial charge in [-0.25, -0.2) is 0 Å². The predicted molar refractivity (Wildman–Crippen MR) is 52.2 cm³/mol. The molecular weight excluding hydrogens is 221 g/mol. The monoisotopic (exact) mass is 230 g/mol. The van der Waals surface area contributed by atoms with E-state index in [-0.39, 0.29) is 11.3 Å². The van der Waals surface area contributed by atoms with Gasteiger partial charge >= 0.3 is 6.18 Å². The molecule has 5 heteroatoms. The number of ketones is 1. The minimum atomic E-state index is -4.30. The Kier molecular flexibility index (Phi) is 3.71. The van der Waals surface area contributed by atoms with Crippen molar-refractivity contribution < 1.29 is 23.1 Å². The van der Waals surface area contributed by atoms with Crippen LogP contribution in [-0.4, -0.2) is 17.1 Å². The van der Waals surface area contributed by atoms with Crippen molar-refractivity contribution in [3.63, 3.8) is 0 Å². The smallest absolute Gasteiger partial charge is 0.392 e. The number of carbonyl (C=O) groups excluding carboxylic acids is 1. The van der Waals surface area contributed by atoms with Gasteiger partial charge < -0.3 is 5.11 Å². The van der Waals surface area contributed by atoms with Crippen LogP contribution in [0.4, 0.5) is 13.2 Å². The molecule has 0 aliphatic rings. The Hall–Kier alpha value is -1.78. The zero-order chi connectivity index (χ0) is 12.2. The molecule has 0 saturated carbocycles. The molecule has 0 heterocycles. The van der Waals surface area contributed by atoms with Crippen molar-refractivity contribution in [2.75, 3.05) is 0 Å². The van der Waals surface area contributed by atoms with E-state index in [1.165, 1.54) is 24.3 Å². The molecule has 0 radical (unpaired) electrons. The van der Waals surface area contributed by atoms with Gasteiger partial charge in [-0.3, -0.25) is 4.79 Å². The lowest BCUT2D eigenvalue weighted by Gasteiger charge is -2.00. The third kappa shape index (κ3) is 4.16. The lowest BCUT2D eigenvalue weighted by molar-refractivity contribution is -0.125. The average Bonchev–Trinajstić information content (AvgIpc) is 2.16. The van der Waals surface area contributed by atoms with Gasteiger partial charge in [-0.2, -0.15) is 13.2 Å². The van der Waals surface area contributed by atoms with Crippen molar-refractivity contribution in [3.8, 4) is 5.75 Å². The zero-order valence-electron chi connectivity index (χ0n) is 8.16. The van der Waals surface area contributed by atoms with Crippen LogP contribution < -0.4 is 0 Å². The summed E-state index contributed by atoms with van der Waals surface area (Å²) in [6, 6.07) is 5.28. The van der Waals surface area contributed by atoms with Gasteiger partial charge in [-0.05, 0) is 30.3 Å². The van der Waals surface area contributed by atoms with Crippen LogP contribution in [0.15, 0.2) is 36.4 Å². The number of alkyl halides is 3. The van der Waals surface area contributed by atoms with E-state index < -0.39 is 18.4 Å². The van der Waals surface area contributed by atoms with Gasteiger partial charge in [0, 0.05) is 5.56 Å². The molecule has 0 spiro atoms. The Labute approximate surface area is 90.0 Å². The summed E-state index contributed by atoms with van der Waals surface area (Å²) in [5.74, 6) is -0.528. The van der Waals surface area contributed by atoms with Crippen LogP contribution in [0.1, 0.15) is 16.8 Å². The SMILES string of the molecule is O=C(/C=C/CC(F)(F)F)c1ccc(O)cc1. The molecule has 0 bridgehead atoms. The Morgan fingerprint density at radius 1 is 1.25 bits per heavy atom. The first-order chi connectivity index (χ1) is 7.38. The second-order valence-electron chi connectivity index (χ2n) is 3.13. The van der Waals surface area contributed by atoms with Crippen LogP contribution in [0.3, 0.4) is 0 Å². The molecule has 0 fully saturated rings. The minimum Gasteiger partial charge on any atom is -0.508 e. The van der Waals surface area contributed by atoms with Gasteiger partial charge in [0.1, 0.15) is 5.75 Å². The summed E-state index contributed by atoms with van der Waals surface area (Å²) in [6.45, 7) is 0. The molecule has 2 nitrogen and oxygen atoms in total. The highest BCUT2D eigenvalue weighted by Gasteiger charge is 2.24. The molecule has 0 aliphatic carbocycles. The highest BCUT2D eigenvalue weighted by molar-refractivity contribution is 6.04. The number of aromatic hydroxyl groups is 1. The lowest BCUT2D eigenvalue weighted by atomic mass is 10.1. The highest BCUT2D eigenvalue weighted by Crippen LogP contribution is 2.20. The summed E-state index contributed by atoms with van der Waals surface area (Å²) in [6.07, 6.45) is -3.78. The van der Waals surface area contributed by atoms with Gasteiger partial charge in [-0.15, -0.1) is 0 Å². The van der Waals surface area contributed by atoms with Crippen LogP contribution in [0, 0.1) is 0 Å². The van der Waals surface area contributed by atoms with Crippen LogP contribution in [0.25, 0.3) is 0 Å². The molecule has 0 unspecified atom stereocenters. The maximum Gasteiger partial charge on any atom is 0.392 e. The van der Waals surface area contributed by atoms with Crippen molar-refractivity contribution in [1.29, 1.82) is 0 Å². The fraction of sp³-hybridized carbons (Fsp3) is 0.182. The van der Waals surface area contributed by atoms with E-state index in [0.29, 0.717) is 0 Å². The van der Waals surface area contributed by atoms with Crippen LogP contribution >= 0.6 is 0 Å². The van der Waals surface area contributed by atoms with Gasteiger partial charge in [0.2, 0.25) is 0 Å². The number of rotatable bonds is 3. The maximum absolute atomic E-state index is 11.8. The Balaban J connectivity index is 2.62. The van der Waals surface area contributed by atoms with E-state index in [0.717, 1.165) is 12.2 Å². The first-order valence-corrected chi connectivity index (χ1v) is 4.45. The molecule has 0 atom stereocenters. The molecule has 0 amide bonds. The fourth-order valence-corrected chi connectivity index (χ4v) is 1.02. The molecule has 1 aromatic rings. The first kappa shape index (κ1) is 12.3. The van der Waals surface area contributed by atoms with E-state index in [2.05, 4.69) is 0 Å². The fourth-order valence-electron chi connectivity index (χ4n) is 1.02. The summed E-state index contributed by atoms with van der Waals surface area (Å²) in [5, 5.41) is 8.94. The average molecular weight is 230 g/mol. The number of hydrogen-bond acceptors (Lipinski definition) is 2. The predicted octanol–water partition coefficient (Wildman–Crippen LogP) is 3.08. The normalized spacial score (nSPS) is 11.9. The van der Waals surface area contributed by atoms with E-state index in [1.54, 1.807) is 0 Å². The lowest BCUT2D eigenvalue weighted by Crippen LogP contribution is -2.04. The number of phenols is 1. The summed E-state index contributed by atoms with van der Waals surface area (Å²) < 4.78 is 35.3. The van der Waals surface area contributed by atoms with Gasteiger partial charge in [-0.1, -0.05) is 6.08 Å². The van der Waals surface area contributed by atoms with E-state index in [9.17, 15) is 18.0 Å². The third-order valence-corrected chi connectivity index (χ3v) is 1.77. The van der Waals surface area contributed by atoms with Crippen molar-refractivity contribution >= 4 is 5.78 Å². The van der Waals surface area contributed by atoms with Crippen LogP contribution in [-0.2, 0) is 0 Å². The number of halogens is 3. The number of benzene rings is 1. The second-order valence-corrected chi connectivity index (χ2v) is 3.13. The van der Waals surface area contributed by atoms with Gasteiger partial charge in [0.05, 0.1) is 6.42 Å². The van der Waals surface area contributed by atoms with Gasteiger partial charge in [0.25, 0.3) is 0 Å². The largest absolute Gasteiger partial charge is 0.508 e. The van der Waals surface area contributed by atoms with Gasteiger partial charge in [0.15, 0.2) is 5.78 Å². The molecule has 86 valence electrons. The van der Waals surface area contributed by atoms with Crippen molar-refractivity contribution in [2.45, 2.75) is 12.6 Å². The van der Waals surface area contributed by atoms with Crippen LogP contribution in [0.5, 0.6) is 5.75 Å². The number of hydrogen-bond donors (Lipinski definition) is 1. The molecule has 16 heavy (non-hydrogen) atoms. The van der Waals surface area contributed by atoms with Crippen molar-refractivity contribution in [1.82, 2.24) is 0 Å². The molecule has 0 aliphatic heterocycles. The maximum atomic E-state index is 11.8.